The quantitative estimate of drug-likeness (QED) is 0.340. The van der Waals surface area contributed by atoms with E-state index in [-0.39, 0.29) is 18.4 Å². The Labute approximate surface area is 120 Å². The number of alkyl halides is 1. The Morgan fingerprint density at radius 1 is 1.22 bits per heavy atom. The lowest BCUT2D eigenvalue weighted by Gasteiger charge is -2.23. The van der Waals surface area contributed by atoms with Crippen molar-refractivity contribution in [2.75, 3.05) is 25.3 Å². The first-order valence-corrected chi connectivity index (χ1v) is 7.42. The standard InChI is InChI=1S/C12H19IO5/c1-17-10(15)12(11(16)18-2)5-8(3-4-14)9(6-12)7-13/h8-9,14H,3-7H2,1-2H3/t8-,9-/m1/s1. The molecule has 2 atom stereocenters. The summed E-state index contributed by atoms with van der Waals surface area (Å²) in [6.07, 6.45) is 1.45. The minimum Gasteiger partial charge on any atom is -0.468 e. The van der Waals surface area contributed by atoms with Crippen LogP contribution >= 0.6 is 22.6 Å². The molecule has 1 aliphatic rings. The maximum absolute atomic E-state index is 12.0. The van der Waals surface area contributed by atoms with Gasteiger partial charge in [0.25, 0.3) is 0 Å². The number of hydrogen-bond donors (Lipinski definition) is 1. The number of hydrogen-bond acceptors (Lipinski definition) is 5. The lowest BCUT2D eigenvalue weighted by molar-refractivity contribution is -0.169. The zero-order valence-corrected chi connectivity index (χ0v) is 12.8. The average Bonchev–Trinajstić information content (AvgIpc) is 2.77. The fraction of sp³-hybridized carbons (Fsp3) is 0.833. The van der Waals surface area contributed by atoms with Crippen molar-refractivity contribution in [2.24, 2.45) is 17.3 Å². The average molecular weight is 370 g/mol. The summed E-state index contributed by atoms with van der Waals surface area (Å²) >= 11 is 2.25. The van der Waals surface area contributed by atoms with E-state index in [9.17, 15) is 9.59 Å². The van der Waals surface area contributed by atoms with Crippen molar-refractivity contribution in [3.05, 3.63) is 0 Å². The summed E-state index contributed by atoms with van der Waals surface area (Å²) in [5, 5.41) is 9.07. The van der Waals surface area contributed by atoms with E-state index in [1.165, 1.54) is 14.2 Å². The molecule has 1 fully saturated rings. The highest BCUT2D eigenvalue weighted by Gasteiger charge is 2.56. The van der Waals surface area contributed by atoms with E-state index < -0.39 is 17.4 Å². The molecule has 0 amide bonds. The Morgan fingerprint density at radius 2 is 1.72 bits per heavy atom. The second-order valence-corrected chi connectivity index (χ2v) is 5.54. The predicted molar refractivity (Wildman–Crippen MR) is 73.3 cm³/mol. The number of rotatable bonds is 5. The van der Waals surface area contributed by atoms with Crippen molar-refractivity contribution >= 4 is 34.5 Å². The molecule has 0 radical (unpaired) electrons. The van der Waals surface area contributed by atoms with Gasteiger partial charge >= 0.3 is 11.9 Å². The number of methoxy groups -OCH3 is 2. The molecular weight excluding hydrogens is 351 g/mol. The number of aliphatic hydroxyl groups is 1. The van der Waals surface area contributed by atoms with E-state index in [1.54, 1.807) is 0 Å². The highest BCUT2D eigenvalue weighted by atomic mass is 127. The topological polar surface area (TPSA) is 72.8 Å². The zero-order valence-electron chi connectivity index (χ0n) is 10.6. The number of aliphatic hydroxyl groups excluding tert-OH is 1. The molecule has 0 unspecified atom stereocenters. The van der Waals surface area contributed by atoms with E-state index in [2.05, 4.69) is 22.6 Å². The third kappa shape index (κ3) is 2.79. The fourth-order valence-corrected chi connectivity index (χ4v) is 3.83. The monoisotopic (exact) mass is 370 g/mol. The van der Waals surface area contributed by atoms with Gasteiger partial charge in [0.1, 0.15) is 0 Å². The van der Waals surface area contributed by atoms with E-state index in [4.69, 9.17) is 14.6 Å². The van der Waals surface area contributed by atoms with Crippen molar-refractivity contribution in [3.8, 4) is 0 Å². The highest BCUT2D eigenvalue weighted by molar-refractivity contribution is 14.1. The molecule has 1 N–H and O–H groups in total. The van der Waals surface area contributed by atoms with Gasteiger partial charge in [0.05, 0.1) is 14.2 Å². The van der Waals surface area contributed by atoms with Gasteiger partial charge < -0.3 is 14.6 Å². The molecule has 0 saturated heterocycles. The molecule has 18 heavy (non-hydrogen) atoms. The Hall–Kier alpha value is -0.370. The molecule has 0 aliphatic heterocycles. The van der Waals surface area contributed by atoms with Crippen molar-refractivity contribution in [1.82, 2.24) is 0 Å². The molecule has 1 saturated carbocycles. The van der Waals surface area contributed by atoms with Crippen molar-refractivity contribution < 1.29 is 24.2 Å². The van der Waals surface area contributed by atoms with Gasteiger partial charge in [-0.15, -0.1) is 0 Å². The van der Waals surface area contributed by atoms with E-state index in [1.807, 2.05) is 0 Å². The molecule has 6 heteroatoms. The van der Waals surface area contributed by atoms with Crippen LogP contribution in [0.1, 0.15) is 19.3 Å². The Morgan fingerprint density at radius 3 is 2.11 bits per heavy atom. The largest absolute Gasteiger partial charge is 0.468 e. The second kappa shape index (κ2) is 6.70. The first kappa shape index (κ1) is 15.7. The molecule has 104 valence electrons. The van der Waals surface area contributed by atoms with Gasteiger partial charge in [-0.05, 0) is 31.1 Å². The molecule has 0 bridgehead atoms. The van der Waals surface area contributed by atoms with Crippen LogP contribution in [-0.2, 0) is 19.1 Å². The minimum absolute atomic E-state index is 0.0657. The Kier molecular flexibility index (Phi) is 5.84. The lowest BCUT2D eigenvalue weighted by atomic mass is 9.84. The molecule has 0 aromatic rings. The minimum atomic E-state index is -1.18. The van der Waals surface area contributed by atoms with Gasteiger partial charge in [0.15, 0.2) is 5.41 Å². The van der Waals surface area contributed by atoms with E-state index >= 15 is 0 Å². The first-order chi connectivity index (χ1) is 8.55. The summed E-state index contributed by atoms with van der Waals surface area (Å²) in [5.41, 5.74) is -1.18. The molecule has 1 aliphatic carbocycles. The predicted octanol–water partition coefficient (Wildman–Crippen LogP) is 1.16. The van der Waals surface area contributed by atoms with Gasteiger partial charge in [-0.25, -0.2) is 0 Å². The normalized spacial score (nSPS) is 25.8. The van der Waals surface area contributed by atoms with Crippen LogP contribution in [0.3, 0.4) is 0 Å². The van der Waals surface area contributed by atoms with Gasteiger partial charge in [0, 0.05) is 11.0 Å². The van der Waals surface area contributed by atoms with Gasteiger partial charge in [0.2, 0.25) is 0 Å². The molecule has 0 aromatic heterocycles. The summed E-state index contributed by atoms with van der Waals surface area (Å²) in [6.45, 7) is 0.0657. The van der Waals surface area contributed by atoms with Crippen LogP contribution in [0.5, 0.6) is 0 Å². The summed E-state index contributed by atoms with van der Waals surface area (Å²) < 4.78 is 10.4. The van der Waals surface area contributed by atoms with Crippen LogP contribution in [0.4, 0.5) is 0 Å². The van der Waals surface area contributed by atoms with E-state index in [0.29, 0.717) is 19.3 Å². The Balaban J connectivity index is 3.00. The van der Waals surface area contributed by atoms with Crippen LogP contribution in [0, 0.1) is 17.3 Å². The van der Waals surface area contributed by atoms with Crippen molar-refractivity contribution in [1.29, 1.82) is 0 Å². The third-order valence-corrected chi connectivity index (χ3v) is 4.87. The molecule has 0 spiro atoms. The third-order valence-electron chi connectivity index (χ3n) is 3.74. The van der Waals surface area contributed by atoms with Crippen LogP contribution in [0.25, 0.3) is 0 Å². The lowest BCUT2D eigenvalue weighted by Crippen LogP contribution is -2.39. The zero-order chi connectivity index (χ0) is 13.8. The summed E-state index contributed by atoms with van der Waals surface area (Å²) in [4.78, 5) is 23.9. The number of halogens is 1. The van der Waals surface area contributed by atoms with Gasteiger partial charge in [-0.2, -0.15) is 0 Å². The van der Waals surface area contributed by atoms with E-state index in [0.717, 1.165) is 4.43 Å². The molecule has 0 heterocycles. The summed E-state index contributed by atoms with van der Waals surface area (Å²) in [7, 11) is 2.57. The molecular formula is C12H19IO5. The maximum Gasteiger partial charge on any atom is 0.323 e. The number of carbonyl (C=O) groups is 2. The van der Waals surface area contributed by atoms with Crippen LogP contribution in [0.2, 0.25) is 0 Å². The van der Waals surface area contributed by atoms with Crippen LogP contribution in [-0.4, -0.2) is 42.3 Å². The number of ether oxygens (including phenoxy) is 2. The van der Waals surface area contributed by atoms with Gasteiger partial charge in [-0.1, -0.05) is 22.6 Å². The van der Waals surface area contributed by atoms with Crippen molar-refractivity contribution in [2.45, 2.75) is 19.3 Å². The molecule has 5 nitrogen and oxygen atoms in total. The van der Waals surface area contributed by atoms with Gasteiger partial charge in [-0.3, -0.25) is 9.59 Å². The number of carbonyl (C=O) groups excluding carboxylic acids is 2. The van der Waals surface area contributed by atoms with Crippen LogP contribution < -0.4 is 0 Å². The van der Waals surface area contributed by atoms with Crippen molar-refractivity contribution in [3.63, 3.8) is 0 Å². The highest BCUT2D eigenvalue weighted by Crippen LogP contribution is 2.49. The Bertz CT molecular complexity index is 302. The number of esters is 2. The molecule has 1 rings (SSSR count). The molecule has 0 aromatic carbocycles. The maximum atomic E-state index is 12.0. The SMILES string of the molecule is COC(=O)C1(C(=O)OC)C[C@@H](CCO)[C@@H](CI)C1. The van der Waals surface area contributed by atoms with Crippen LogP contribution in [0.15, 0.2) is 0 Å². The summed E-state index contributed by atoms with van der Waals surface area (Å²) in [5.74, 6) is -0.657. The smallest absolute Gasteiger partial charge is 0.323 e. The first-order valence-electron chi connectivity index (χ1n) is 5.89. The fourth-order valence-electron chi connectivity index (χ4n) is 2.80. The second-order valence-electron chi connectivity index (χ2n) is 4.66. The summed E-state index contributed by atoms with van der Waals surface area (Å²) in [6, 6.07) is 0.